The van der Waals surface area contributed by atoms with Gasteiger partial charge in [0, 0.05) is 31.2 Å². The van der Waals surface area contributed by atoms with Crippen LogP contribution in [0.2, 0.25) is 0 Å². The van der Waals surface area contributed by atoms with E-state index in [0.29, 0.717) is 18.2 Å². The highest BCUT2D eigenvalue weighted by molar-refractivity contribution is 5.35. The Labute approximate surface area is 145 Å². The van der Waals surface area contributed by atoms with E-state index in [2.05, 4.69) is 24.5 Å². The number of aliphatic hydroxyl groups is 1. The molecule has 3 aliphatic carbocycles. The maximum absolute atomic E-state index is 11.0. The Morgan fingerprint density at radius 1 is 1.17 bits per heavy atom. The standard InChI is InChI=1S/C20H32N2O2/c1-13-5-6-16(23)14(9-13)12-21-7-8-22-18-11-15-10-17(19(15,2)3)20(18,4)24/h5-6,9,15,17-18,21-24H,7-8,10-12H2,1-4H3/t15-,17-,18-,20-/m1/s1. The van der Waals surface area contributed by atoms with Crippen LogP contribution in [-0.2, 0) is 6.54 Å². The molecule has 0 radical (unpaired) electrons. The number of benzene rings is 1. The molecule has 0 saturated heterocycles. The van der Waals surface area contributed by atoms with Gasteiger partial charge in [0.05, 0.1) is 5.60 Å². The molecule has 0 aliphatic heterocycles. The van der Waals surface area contributed by atoms with Gasteiger partial charge in [0.25, 0.3) is 0 Å². The highest BCUT2D eigenvalue weighted by Crippen LogP contribution is 2.62. The van der Waals surface area contributed by atoms with E-state index in [-0.39, 0.29) is 11.5 Å². The molecule has 0 heterocycles. The highest BCUT2D eigenvalue weighted by atomic mass is 16.3. The van der Waals surface area contributed by atoms with Crippen LogP contribution < -0.4 is 10.6 Å². The van der Waals surface area contributed by atoms with E-state index < -0.39 is 5.60 Å². The van der Waals surface area contributed by atoms with Gasteiger partial charge < -0.3 is 20.8 Å². The van der Waals surface area contributed by atoms with Crippen LogP contribution in [0.3, 0.4) is 0 Å². The number of rotatable bonds is 6. The van der Waals surface area contributed by atoms with Gasteiger partial charge in [-0.1, -0.05) is 31.5 Å². The molecule has 2 bridgehead atoms. The number of hydrogen-bond donors (Lipinski definition) is 4. The number of nitrogens with one attached hydrogen (secondary N) is 2. The van der Waals surface area contributed by atoms with E-state index in [1.54, 1.807) is 6.07 Å². The zero-order valence-electron chi connectivity index (χ0n) is 15.4. The third-order valence-corrected chi connectivity index (χ3v) is 6.64. The van der Waals surface area contributed by atoms with Crippen molar-refractivity contribution in [3.63, 3.8) is 0 Å². The van der Waals surface area contributed by atoms with Crippen molar-refractivity contribution in [3.05, 3.63) is 29.3 Å². The number of aryl methyl sites for hydroxylation is 1. The lowest BCUT2D eigenvalue weighted by atomic mass is 9.43. The normalized spacial score (nSPS) is 34.0. The predicted molar refractivity (Wildman–Crippen MR) is 97.0 cm³/mol. The van der Waals surface area contributed by atoms with Crippen molar-refractivity contribution in [2.75, 3.05) is 13.1 Å². The van der Waals surface area contributed by atoms with Gasteiger partial charge in [0.2, 0.25) is 0 Å². The van der Waals surface area contributed by atoms with Gasteiger partial charge in [-0.3, -0.25) is 0 Å². The maximum Gasteiger partial charge on any atom is 0.120 e. The van der Waals surface area contributed by atoms with Crippen LogP contribution in [0, 0.1) is 24.2 Å². The molecule has 0 aromatic heterocycles. The summed E-state index contributed by atoms with van der Waals surface area (Å²) in [4.78, 5) is 0. The summed E-state index contributed by atoms with van der Waals surface area (Å²) in [7, 11) is 0. The Morgan fingerprint density at radius 2 is 1.92 bits per heavy atom. The summed E-state index contributed by atoms with van der Waals surface area (Å²) < 4.78 is 0. The molecule has 4 atom stereocenters. The summed E-state index contributed by atoms with van der Waals surface area (Å²) in [6.07, 6.45) is 2.23. The molecule has 134 valence electrons. The molecule has 4 N–H and O–H groups in total. The third-order valence-electron chi connectivity index (χ3n) is 6.64. The van der Waals surface area contributed by atoms with Crippen LogP contribution in [0.5, 0.6) is 5.75 Å². The summed E-state index contributed by atoms with van der Waals surface area (Å²) >= 11 is 0. The molecule has 3 aliphatic rings. The number of phenolic OH excluding ortho intramolecular Hbond substituents is 1. The van der Waals surface area contributed by atoms with Crippen LogP contribution in [-0.4, -0.2) is 34.9 Å². The minimum absolute atomic E-state index is 0.184. The molecule has 24 heavy (non-hydrogen) atoms. The Bertz CT molecular complexity index is 597. The molecule has 3 saturated carbocycles. The fourth-order valence-electron chi connectivity index (χ4n) is 4.88. The van der Waals surface area contributed by atoms with E-state index in [1.807, 2.05) is 26.0 Å². The fourth-order valence-corrected chi connectivity index (χ4v) is 4.88. The second-order valence-corrected chi connectivity index (χ2v) is 8.58. The lowest BCUT2D eigenvalue weighted by Crippen LogP contribution is -2.69. The van der Waals surface area contributed by atoms with E-state index in [0.717, 1.165) is 36.6 Å². The van der Waals surface area contributed by atoms with Crippen LogP contribution >= 0.6 is 0 Å². The van der Waals surface area contributed by atoms with Crippen LogP contribution in [0.15, 0.2) is 18.2 Å². The monoisotopic (exact) mass is 332 g/mol. The summed E-state index contributed by atoms with van der Waals surface area (Å²) in [6.45, 7) is 10.9. The van der Waals surface area contributed by atoms with Crippen molar-refractivity contribution in [2.24, 2.45) is 17.3 Å². The molecule has 0 spiro atoms. The molecular formula is C20H32N2O2. The first kappa shape index (κ1) is 17.7. The predicted octanol–water partition coefficient (Wildman–Crippen LogP) is 2.57. The lowest BCUT2D eigenvalue weighted by molar-refractivity contribution is -0.209. The third kappa shape index (κ3) is 3.07. The Balaban J connectivity index is 1.44. The van der Waals surface area contributed by atoms with Gasteiger partial charge in [-0.05, 0) is 50.0 Å². The number of aromatic hydroxyl groups is 1. The van der Waals surface area contributed by atoms with Crippen LogP contribution in [0.25, 0.3) is 0 Å². The molecule has 1 aromatic rings. The van der Waals surface area contributed by atoms with Crippen molar-refractivity contribution in [1.29, 1.82) is 0 Å². The first-order valence-electron chi connectivity index (χ1n) is 9.18. The molecular weight excluding hydrogens is 300 g/mol. The smallest absolute Gasteiger partial charge is 0.120 e. The van der Waals surface area contributed by atoms with Gasteiger partial charge in [0.15, 0.2) is 0 Å². The summed E-state index contributed by atoms with van der Waals surface area (Å²) in [6, 6.07) is 5.86. The van der Waals surface area contributed by atoms with E-state index in [4.69, 9.17) is 0 Å². The molecule has 0 unspecified atom stereocenters. The summed E-state index contributed by atoms with van der Waals surface area (Å²) in [5.74, 6) is 1.48. The lowest BCUT2D eigenvalue weighted by Gasteiger charge is -2.65. The van der Waals surface area contributed by atoms with Gasteiger partial charge in [0.1, 0.15) is 5.75 Å². The number of phenols is 1. The average Bonchev–Trinajstić information content (AvgIpc) is 2.50. The summed E-state index contributed by atoms with van der Waals surface area (Å²) in [5, 5.41) is 27.7. The SMILES string of the molecule is Cc1ccc(O)c(CNCCN[C@@H]2C[C@H]3C[C@H](C3(C)C)[C@@]2(C)O)c1. The Hall–Kier alpha value is -1.10. The quantitative estimate of drug-likeness (QED) is 0.605. The zero-order chi connectivity index (χ0) is 17.5. The second-order valence-electron chi connectivity index (χ2n) is 8.58. The first-order valence-corrected chi connectivity index (χ1v) is 9.18. The zero-order valence-corrected chi connectivity index (χ0v) is 15.4. The number of hydrogen-bond acceptors (Lipinski definition) is 4. The van der Waals surface area contributed by atoms with Crippen molar-refractivity contribution >= 4 is 0 Å². The second kappa shape index (κ2) is 6.32. The van der Waals surface area contributed by atoms with Gasteiger partial charge in [-0.15, -0.1) is 0 Å². The average molecular weight is 332 g/mol. The highest BCUT2D eigenvalue weighted by Gasteiger charge is 2.62. The van der Waals surface area contributed by atoms with E-state index >= 15 is 0 Å². The maximum atomic E-state index is 11.0. The summed E-state index contributed by atoms with van der Waals surface area (Å²) in [5.41, 5.74) is 1.75. The van der Waals surface area contributed by atoms with Crippen LogP contribution in [0.1, 0.15) is 44.7 Å². The first-order chi connectivity index (χ1) is 11.2. The van der Waals surface area contributed by atoms with Crippen molar-refractivity contribution in [2.45, 2.75) is 58.7 Å². The van der Waals surface area contributed by atoms with Crippen molar-refractivity contribution < 1.29 is 10.2 Å². The molecule has 4 nitrogen and oxygen atoms in total. The fraction of sp³-hybridized carbons (Fsp3) is 0.700. The molecule has 4 rings (SSSR count). The Kier molecular flexibility index (Phi) is 4.67. The van der Waals surface area contributed by atoms with Gasteiger partial charge in [-0.25, -0.2) is 0 Å². The topological polar surface area (TPSA) is 64.5 Å². The van der Waals surface area contributed by atoms with Gasteiger partial charge in [-0.2, -0.15) is 0 Å². The van der Waals surface area contributed by atoms with Crippen LogP contribution in [0.4, 0.5) is 0 Å². The molecule has 1 aromatic carbocycles. The largest absolute Gasteiger partial charge is 0.508 e. The van der Waals surface area contributed by atoms with Crippen molar-refractivity contribution in [1.82, 2.24) is 10.6 Å². The molecule has 3 fully saturated rings. The van der Waals surface area contributed by atoms with E-state index in [9.17, 15) is 10.2 Å². The van der Waals surface area contributed by atoms with E-state index in [1.165, 1.54) is 6.42 Å². The molecule has 0 amide bonds. The van der Waals surface area contributed by atoms with Crippen molar-refractivity contribution in [3.8, 4) is 5.75 Å². The van der Waals surface area contributed by atoms with Gasteiger partial charge >= 0.3 is 0 Å². The number of fused-ring (bicyclic) bond motifs is 2. The Morgan fingerprint density at radius 3 is 2.58 bits per heavy atom. The molecule has 4 heteroatoms. The minimum atomic E-state index is -0.618. The minimum Gasteiger partial charge on any atom is -0.508 e.